The second kappa shape index (κ2) is 6.10. The molecule has 0 spiro atoms. The van der Waals surface area contributed by atoms with E-state index >= 15 is 0 Å². The van der Waals surface area contributed by atoms with E-state index in [0.717, 1.165) is 11.5 Å². The molecular weight excluding hydrogens is 391 g/mol. The zero-order chi connectivity index (χ0) is 14.6. The molecule has 1 unspecified atom stereocenters. The van der Waals surface area contributed by atoms with Crippen molar-refractivity contribution in [3.63, 3.8) is 0 Å². The maximum Gasteiger partial charge on any atom is 0.362 e. The molecule has 0 fully saturated rings. The molecule has 0 saturated heterocycles. The summed E-state index contributed by atoms with van der Waals surface area (Å²) in [6.45, 7) is 1.27. The summed E-state index contributed by atoms with van der Waals surface area (Å²) < 4.78 is 3.75. The van der Waals surface area contributed by atoms with Crippen molar-refractivity contribution in [2.24, 2.45) is 5.16 Å². The minimum absolute atomic E-state index is 0.0684. The quantitative estimate of drug-likeness (QED) is 0.266. The van der Waals surface area contributed by atoms with Crippen LogP contribution in [0.1, 0.15) is 12.7 Å². The second-order valence-corrected chi connectivity index (χ2v) is 5.01. The molecule has 1 heterocycles. The average molecular weight is 400 g/mol. The Labute approximate surface area is 124 Å². The fourth-order valence-corrected chi connectivity index (χ4v) is 1.67. The maximum atomic E-state index is 11.0. The third-order valence-corrected chi connectivity index (χ3v) is 3.90. The van der Waals surface area contributed by atoms with Crippen molar-refractivity contribution in [1.82, 2.24) is 9.36 Å². The maximum absolute atomic E-state index is 11.0. The molecule has 19 heavy (non-hydrogen) atoms. The third-order valence-electron chi connectivity index (χ3n) is 1.90. The molecule has 1 aromatic heterocycles. The van der Waals surface area contributed by atoms with Gasteiger partial charge in [-0.2, -0.15) is 9.36 Å². The Balaban J connectivity index is 3.04. The van der Waals surface area contributed by atoms with Gasteiger partial charge in [0.1, 0.15) is 0 Å². The molecule has 0 aliphatic rings. The van der Waals surface area contributed by atoms with Crippen LogP contribution in [-0.2, 0) is 14.4 Å². The van der Waals surface area contributed by atoms with Gasteiger partial charge in [-0.15, -0.1) is 0 Å². The van der Waals surface area contributed by atoms with Crippen molar-refractivity contribution in [3.8, 4) is 0 Å². The van der Waals surface area contributed by atoms with E-state index in [4.69, 9.17) is 20.8 Å². The topological polar surface area (TPSA) is 148 Å². The molecule has 9 nitrogen and oxygen atoms in total. The van der Waals surface area contributed by atoms with E-state index in [1.165, 1.54) is 6.92 Å². The number of rotatable bonds is 6. The van der Waals surface area contributed by atoms with Gasteiger partial charge in [0, 0.05) is 11.5 Å². The van der Waals surface area contributed by atoms with E-state index in [-0.39, 0.29) is 15.4 Å². The van der Waals surface area contributed by atoms with Gasteiger partial charge in [0.25, 0.3) is 0 Å². The van der Waals surface area contributed by atoms with E-state index in [1.807, 2.05) is 0 Å². The van der Waals surface area contributed by atoms with Gasteiger partial charge in [-0.3, -0.25) is 0 Å². The van der Waals surface area contributed by atoms with Crippen LogP contribution in [0, 0.1) is 0 Å². The number of carboxylic acid groups (broad SMARTS) is 2. The van der Waals surface area contributed by atoms with Gasteiger partial charge >= 0.3 is 11.9 Å². The number of halogens is 1. The van der Waals surface area contributed by atoms with Crippen molar-refractivity contribution < 1.29 is 24.6 Å². The van der Waals surface area contributed by atoms with Crippen LogP contribution in [0.5, 0.6) is 0 Å². The molecule has 0 radical (unpaired) electrons. The van der Waals surface area contributed by atoms with Crippen molar-refractivity contribution in [2.45, 2.75) is 12.5 Å². The molecule has 4 N–H and O–H groups in total. The van der Waals surface area contributed by atoms with Gasteiger partial charge in [-0.1, -0.05) is 27.7 Å². The highest BCUT2D eigenvalue weighted by Gasteiger charge is 2.36. The number of carboxylic acids is 2. The van der Waals surface area contributed by atoms with Crippen LogP contribution in [0.4, 0.5) is 5.13 Å². The Morgan fingerprint density at radius 2 is 2.21 bits per heavy atom. The number of nitrogen functional groups attached to an aromatic ring is 1. The monoisotopic (exact) mass is 400 g/mol. The highest BCUT2D eigenvalue weighted by atomic mass is 127. The van der Waals surface area contributed by atoms with E-state index < -0.39 is 23.3 Å². The molecule has 0 bridgehead atoms. The molecule has 0 aromatic carbocycles. The van der Waals surface area contributed by atoms with Crippen molar-refractivity contribution >= 4 is 56.9 Å². The minimum Gasteiger partial charge on any atom is -0.478 e. The normalized spacial score (nSPS) is 14.7. The summed E-state index contributed by atoms with van der Waals surface area (Å²) in [5, 5.41) is 21.3. The SMILES string of the molecule is CC(CI)(ON=C(C(=O)O)c1nsc(N)n1)C(=O)O. The zero-order valence-corrected chi connectivity index (χ0v) is 12.5. The lowest BCUT2D eigenvalue weighted by atomic mass is 10.1. The molecule has 0 aliphatic heterocycles. The first-order valence-corrected chi connectivity index (χ1v) is 6.98. The number of nitrogens with two attached hydrogens (primary N) is 1. The predicted octanol–water partition coefficient (Wildman–Crippen LogP) is 0.204. The van der Waals surface area contributed by atoms with Crippen molar-refractivity contribution in [1.29, 1.82) is 0 Å². The van der Waals surface area contributed by atoms with Gasteiger partial charge in [0.05, 0.1) is 4.43 Å². The smallest absolute Gasteiger partial charge is 0.362 e. The summed E-state index contributed by atoms with van der Waals surface area (Å²) in [6, 6.07) is 0. The van der Waals surface area contributed by atoms with Crippen LogP contribution in [0.25, 0.3) is 0 Å². The first-order chi connectivity index (χ1) is 8.80. The number of alkyl halides is 1. The molecule has 11 heteroatoms. The van der Waals surface area contributed by atoms with E-state index in [0.29, 0.717) is 0 Å². The first-order valence-electron chi connectivity index (χ1n) is 4.68. The number of anilines is 1. The number of hydrogen-bond donors (Lipinski definition) is 3. The van der Waals surface area contributed by atoms with Crippen LogP contribution >= 0.6 is 34.1 Å². The van der Waals surface area contributed by atoms with Gasteiger partial charge in [-0.05, 0) is 6.92 Å². The molecule has 0 amide bonds. The van der Waals surface area contributed by atoms with E-state index in [2.05, 4.69) is 14.5 Å². The van der Waals surface area contributed by atoms with Gasteiger partial charge in [0.2, 0.25) is 17.1 Å². The van der Waals surface area contributed by atoms with Gasteiger partial charge in [0.15, 0.2) is 5.13 Å². The molecule has 1 aromatic rings. The fraction of sp³-hybridized carbons (Fsp3) is 0.375. The highest BCUT2D eigenvalue weighted by Crippen LogP contribution is 2.16. The minimum atomic E-state index is -1.64. The van der Waals surface area contributed by atoms with Crippen LogP contribution in [0.2, 0.25) is 0 Å². The molecule has 104 valence electrons. The first kappa shape index (κ1) is 15.6. The number of oxime groups is 1. The predicted molar refractivity (Wildman–Crippen MR) is 74.5 cm³/mol. The molecule has 1 atom stereocenters. The highest BCUT2D eigenvalue weighted by molar-refractivity contribution is 14.1. The summed E-state index contributed by atoms with van der Waals surface area (Å²) in [7, 11) is 0. The van der Waals surface area contributed by atoms with Gasteiger partial charge in [-0.25, -0.2) is 9.59 Å². The number of aromatic nitrogens is 2. The van der Waals surface area contributed by atoms with E-state index in [1.54, 1.807) is 22.6 Å². The Kier molecular flexibility index (Phi) is 4.99. The molecule has 0 saturated carbocycles. The number of hydrogen-bond acceptors (Lipinski definition) is 8. The standard InChI is InChI=1S/C8H9IN4O5S/c1-8(2-9,6(16)17)18-12-3(5(14)15)4-11-7(10)19-13-4/h2H2,1H3,(H,14,15)(H,16,17)(H2,10,11,13). The summed E-state index contributed by atoms with van der Waals surface area (Å²) in [6.07, 6.45) is 0. The van der Waals surface area contributed by atoms with Gasteiger partial charge < -0.3 is 20.8 Å². The lowest BCUT2D eigenvalue weighted by Crippen LogP contribution is -2.39. The molecule has 1 rings (SSSR count). The largest absolute Gasteiger partial charge is 0.478 e. The average Bonchev–Trinajstić information content (AvgIpc) is 2.75. The lowest BCUT2D eigenvalue weighted by Gasteiger charge is -2.19. The molecule has 0 aliphatic carbocycles. The van der Waals surface area contributed by atoms with E-state index in [9.17, 15) is 9.59 Å². The Bertz CT molecular complexity index is 533. The van der Waals surface area contributed by atoms with Crippen LogP contribution < -0.4 is 5.73 Å². The Hall–Kier alpha value is -1.50. The zero-order valence-electron chi connectivity index (χ0n) is 9.53. The molecular formula is C8H9IN4O5S. The second-order valence-electron chi connectivity index (χ2n) is 3.46. The van der Waals surface area contributed by atoms with Crippen molar-refractivity contribution in [2.75, 3.05) is 10.2 Å². The van der Waals surface area contributed by atoms with Crippen LogP contribution in [0.15, 0.2) is 5.16 Å². The summed E-state index contributed by atoms with van der Waals surface area (Å²) in [5.74, 6) is -2.93. The van der Waals surface area contributed by atoms with Crippen LogP contribution in [0.3, 0.4) is 0 Å². The summed E-state index contributed by atoms with van der Waals surface area (Å²) >= 11 is 2.59. The fourth-order valence-electron chi connectivity index (χ4n) is 0.774. The number of aliphatic carboxylic acids is 2. The Morgan fingerprint density at radius 1 is 1.58 bits per heavy atom. The van der Waals surface area contributed by atoms with Crippen LogP contribution in [-0.4, -0.2) is 47.2 Å². The number of carbonyl (C=O) groups is 2. The van der Waals surface area contributed by atoms with Crippen molar-refractivity contribution in [3.05, 3.63) is 5.82 Å². The summed E-state index contributed by atoms with van der Waals surface area (Å²) in [4.78, 5) is 30.4. The lowest BCUT2D eigenvalue weighted by molar-refractivity contribution is -0.160. The third kappa shape index (κ3) is 3.73. The number of nitrogens with zero attached hydrogens (tertiary/aromatic N) is 3. The Morgan fingerprint density at radius 3 is 2.58 bits per heavy atom. The summed E-state index contributed by atoms with van der Waals surface area (Å²) in [5.41, 5.74) is 3.09.